The summed E-state index contributed by atoms with van der Waals surface area (Å²) < 4.78 is 13.0. The van der Waals surface area contributed by atoms with Crippen LogP contribution in [0.1, 0.15) is 22.2 Å². The third-order valence-electron chi connectivity index (χ3n) is 2.82. The van der Waals surface area contributed by atoms with Gasteiger partial charge in [0.1, 0.15) is 5.25 Å². The molecule has 0 saturated heterocycles. The summed E-state index contributed by atoms with van der Waals surface area (Å²) in [5.74, 6) is -0.126. The number of hydrogen-bond donors (Lipinski definition) is 0. The van der Waals surface area contributed by atoms with Crippen LogP contribution in [0.3, 0.4) is 0 Å². The Balaban J connectivity index is 2.25. The van der Waals surface area contributed by atoms with Crippen LogP contribution in [0.5, 0.6) is 0 Å². The van der Waals surface area contributed by atoms with Gasteiger partial charge >= 0.3 is 0 Å². The lowest BCUT2D eigenvalue weighted by Crippen LogP contribution is -2.22. The molecular weight excluding hydrogens is 300 g/mol. The molecule has 1 aromatic heterocycles. The van der Waals surface area contributed by atoms with Gasteiger partial charge in [-0.25, -0.2) is 0 Å². The van der Waals surface area contributed by atoms with Crippen LogP contribution in [0.15, 0.2) is 41.3 Å². The zero-order chi connectivity index (χ0) is 14.0. The van der Waals surface area contributed by atoms with Crippen molar-refractivity contribution in [2.75, 3.05) is 0 Å². The summed E-state index contributed by atoms with van der Waals surface area (Å²) in [5, 5.41) is -0.573. The van der Waals surface area contributed by atoms with Gasteiger partial charge in [-0.15, -0.1) is 11.3 Å². The second-order valence-electron chi connectivity index (χ2n) is 4.17. The van der Waals surface area contributed by atoms with E-state index in [0.29, 0.717) is 14.1 Å². The number of carbonyl (C=O) groups is 1. The molecule has 1 heterocycles. The average Bonchev–Trinajstić information content (AvgIpc) is 2.83. The first-order valence-corrected chi connectivity index (χ1v) is 8.17. The summed E-state index contributed by atoms with van der Waals surface area (Å²) >= 11 is 7.04. The summed E-state index contributed by atoms with van der Waals surface area (Å²) in [7, 11) is -1.35. The van der Waals surface area contributed by atoms with Crippen LogP contribution < -0.4 is 0 Å². The zero-order valence-corrected chi connectivity index (χ0v) is 12.9. The highest BCUT2D eigenvalue weighted by molar-refractivity contribution is 7.86. The summed E-state index contributed by atoms with van der Waals surface area (Å²) in [6, 6.07) is 10.8. The Morgan fingerprint density at radius 1 is 1.26 bits per heavy atom. The minimum absolute atomic E-state index is 0.126. The zero-order valence-electron chi connectivity index (χ0n) is 10.6. The smallest absolute Gasteiger partial charge is 0.188 e. The van der Waals surface area contributed by atoms with Gasteiger partial charge in [0.25, 0.3) is 0 Å². The van der Waals surface area contributed by atoms with Crippen molar-refractivity contribution >= 4 is 39.5 Å². The molecule has 0 saturated carbocycles. The van der Waals surface area contributed by atoms with Gasteiger partial charge in [0.15, 0.2) is 5.78 Å². The summed E-state index contributed by atoms with van der Waals surface area (Å²) in [4.78, 5) is 13.5. The normalized spacial score (nSPS) is 14.1. The molecule has 0 bridgehead atoms. The number of hydrogen-bond acceptors (Lipinski definition) is 3. The fraction of sp³-hybridized carbons (Fsp3) is 0.214. The summed E-state index contributed by atoms with van der Waals surface area (Å²) in [6.07, 6.45) is 0. The van der Waals surface area contributed by atoms with Gasteiger partial charge < -0.3 is 0 Å². The number of halogens is 1. The Bertz CT molecular complexity index is 634. The van der Waals surface area contributed by atoms with E-state index in [1.807, 2.05) is 25.1 Å². The summed E-state index contributed by atoms with van der Waals surface area (Å²) in [6.45, 7) is 3.59. The molecule has 0 spiro atoms. The van der Waals surface area contributed by atoms with Gasteiger partial charge in [0.05, 0.1) is 20.0 Å². The Morgan fingerprint density at radius 2 is 1.95 bits per heavy atom. The topological polar surface area (TPSA) is 34.1 Å². The van der Waals surface area contributed by atoms with Crippen LogP contribution in [-0.2, 0) is 10.8 Å². The predicted molar refractivity (Wildman–Crippen MR) is 80.7 cm³/mol. The fourth-order valence-corrected chi connectivity index (χ4v) is 4.16. The molecule has 5 heteroatoms. The fourth-order valence-electron chi connectivity index (χ4n) is 1.72. The lowest BCUT2D eigenvalue weighted by molar-refractivity contribution is 0.0996. The second kappa shape index (κ2) is 5.99. The number of carbonyl (C=O) groups excluding carboxylic acids is 1. The highest BCUT2D eigenvalue weighted by Gasteiger charge is 2.24. The van der Waals surface area contributed by atoms with Crippen LogP contribution in [0.25, 0.3) is 0 Å². The lowest BCUT2D eigenvalue weighted by atomic mass is 10.2. The molecule has 2 atom stereocenters. The van der Waals surface area contributed by atoms with E-state index in [-0.39, 0.29) is 5.78 Å². The van der Waals surface area contributed by atoms with Crippen molar-refractivity contribution < 1.29 is 9.00 Å². The Hall–Kier alpha value is -0.970. The van der Waals surface area contributed by atoms with Gasteiger partial charge in [-0.1, -0.05) is 29.8 Å². The van der Waals surface area contributed by atoms with Crippen molar-refractivity contribution in [2.24, 2.45) is 0 Å². The van der Waals surface area contributed by atoms with E-state index in [0.717, 1.165) is 5.56 Å². The van der Waals surface area contributed by atoms with Gasteiger partial charge in [0.2, 0.25) is 0 Å². The first-order valence-electron chi connectivity index (χ1n) is 5.76. The SMILES string of the molecule is Cc1ccccc1S(=O)C(C)C(=O)c1ccc(Cl)s1. The molecule has 0 aliphatic carbocycles. The van der Waals surface area contributed by atoms with Gasteiger partial charge in [-0.05, 0) is 37.6 Å². The Morgan fingerprint density at radius 3 is 2.53 bits per heavy atom. The quantitative estimate of drug-likeness (QED) is 0.797. The van der Waals surface area contributed by atoms with Crippen molar-refractivity contribution in [2.45, 2.75) is 24.0 Å². The van der Waals surface area contributed by atoms with E-state index in [1.54, 1.807) is 25.1 Å². The molecular formula is C14H13ClO2S2. The number of Topliss-reactive ketones (excluding diaryl/α,β-unsaturated/α-hetero) is 1. The standard InChI is InChI=1S/C14H13ClO2S2/c1-9-5-3-4-6-12(9)19(17)10(2)14(16)11-7-8-13(15)18-11/h3-8,10H,1-2H3. The minimum atomic E-state index is -1.35. The molecule has 19 heavy (non-hydrogen) atoms. The molecule has 0 aliphatic rings. The molecule has 2 aromatic rings. The van der Waals surface area contributed by atoms with Crippen molar-refractivity contribution in [3.8, 4) is 0 Å². The number of benzene rings is 1. The van der Waals surface area contributed by atoms with Crippen molar-refractivity contribution in [1.82, 2.24) is 0 Å². The number of ketones is 1. The summed E-state index contributed by atoms with van der Waals surface area (Å²) in [5.41, 5.74) is 0.935. The molecule has 0 fully saturated rings. The molecule has 0 radical (unpaired) electrons. The average molecular weight is 313 g/mol. The van der Waals surface area contributed by atoms with Crippen molar-refractivity contribution in [3.05, 3.63) is 51.2 Å². The lowest BCUT2D eigenvalue weighted by Gasteiger charge is -2.11. The van der Waals surface area contributed by atoms with Crippen LogP contribution in [0.2, 0.25) is 4.34 Å². The Kier molecular flexibility index (Phi) is 4.55. The minimum Gasteiger partial charge on any atom is -0.292 e. The molecule has 0 aliphatic heterocycles. The highest BCUT2D eigenvalue weighted by atomic mass is 35.5. The van der Waals surface area contributed by atoms with Crippen LogP contribution in [0.4, 0.5) is 0 Å². The van der Waals surface area contributed by atoms with E-state index >= 15 is 0 Å². The van der Waals surface area contributed by atoms with E-state index in [4.69, 9.17) is 11.6 Å². The monoisotopic (exact) mass is 312 g/mol. The molecule has 2 rings (SSSR count). The first kappa shape index (κ1) is 14.4. The van der Waals surface area contributed by atoms with Gasteiger partial charge in [-0.3, -0.25) is 9.00 Å². The van der Waals surface area contributed by atoms with E-state index in [2.05, 4.69) is 0 Å². The number of rotatable bonds is 4. The first-order chi connectivity index (χ1) is 9.00. The van der Waals surface area contributed by atoms with Crippen LogP contribution in [0, 0.1) is 6.92 Å². The van der Waals surface area contributed by atoms with E-state index < -0.39 is 16.0 Å². The second-order valence-corrected chi connectivity index (χ2v) is 7.63. The highest BCUT2D eigenvalue weighted by Crippen LogP contribution is 2.25. The number of thiophene rings is 1. The molecule has 2 unspecified atom stereocenters. The molecule has 0 amide bonds. The van der Waals surface area contributed by atoms with Gasteiger partial charge in [-0.2, -0.15) is 0 Å². The van der Waals surface area contributed by atoms with Crippen molar-refractivity contribution in [3.63, 3.8) is 0 Å². The Labute approximate surface area is 123 Å². The maximum absolute atomic E-state index is 12.4. The number of aryl methyl sites for hydroxylation is 1. The van der Waals surface area contributed by atoms with Crippen LogP contribution in [-0.4, -0.2) is 15.2 Å². The van der Waals surface area contributed by atoms with Crippen LogP contribution >= 0.6 is 22.9 Å². The molecule has 100 valence electrons. The third-order valence-corrected chi connectivity index (χ3v) is 5.81. The molecule has 0 N–H and O–H groups in total. The largest absolute Gasteiger partial charge is 0.292 e. The molecule has 1 aromatic carbocycles. The van der Waals surface area contributed by atoms with E-state index in [9.17, 15) is 9.00 Å². The van der Waals surface area contributed by atoms with Crippen molar-refractivity contribution in [1.29, 1.82) is 0 Å². The van der Waals surface area contributed by atoms with Gasteiger partial charge in [0, 0.05) is 4.90 Å². The molecule has 2 nitrogen and oxygen atoms in total. The maximum Gasteiger partial charge on any atom is 0.188 e. The van der Waals surface area contributed by atoms with E-state index in [1.165, 1.54) is 11.3 Å². The predicted octanol–water partition coefficient (Wildman–Crippen LogP) is 4.09. The third kappa shape index (κ3) is 3.14. The maximum atomic E-state index is 12.4.